The molecular weight excluding hydrogens is 498 g/mol. The molecule has 4 aromatic carbocycles. The number of allylic oxidation sites excluding steroid dienone is 4. The standard InChI is InChI=1S/C13H10.C10H9.C5H5.2ClH.Zr/c1-3-7-12(8-4-1)11-13-9-5-2-6-10-13;1-8-6-9-4-2-3-5-10(9)7-8;1-2-4-5-3-1;;;/h1-10H;2-7H,1H3;1-3H,4H2;2*1H;/q;2*-1;;;+2. The monoisotopic (exact) mass is 522 g/mol. The molecule has 0 bridgehead atoms. The SMILES string of the molecule is Cc1cc2ccccc2[cH-]1.Cl.Cl.[C-]1=CC=CC1.[Zr+2]=[C](c1ccccc1)c1ccccc1. The Bertz CT molecular complexity index is 1010. The fourth-order valence-corrected chi connectivity index (χ4v) is 3.84. The Morgan fingerprint density at radius 3 is 1.81 bits per heavy atom. The number of fused-ring (bicyclic) bond motifs is 1. The van der Waals surface area contributed by atoms with Crippen molar-refractivity contribution in [3.8, 4) is 0 Å². The molecule has 5 rings (SSSR count). The Labute approximate surface area is 213 Å². The molecule has 0 saturated carbocycles. The third-order valence-electron chi connectivity index (χ3n) is 4.47. The number of aryl methyl sites for hydroxylation is 1. The number of hydrogen-bond acceptors (Lipinski definition) is 0. The molecule has 3 heteroatoms. The van der Waals surface area contributed by atoms with E-state index in [0.29, 0.717) is 0 Å². The van der Waals surface area contributed by atoms with Gasteiger partial charge in [-0.15, -0.1) is 71.8 Å². The van der Waals surface area contributed by atoms with Crippen LogP contribution >= 0.6 is 24.8 Å². The van der Waals surface area contributed by atoms with Gasteiger partial charge in [0.1, 0.15) is 0 Å². The maximum absolute atomic E-state index is 2.99. The van der Waals surface area contributed by atoms with E-state index < -0.39 is 0 Å². The summed E-state index contributed by atoms with van der Waals surface area (Å²) in [6.07, 6.45) is 10.0. The van der Waals surface area contributed by atoms with Crippen LogP contribution in [0.3, 0.4) is 0 Å². The third-order valence-corrected chi connectivity index (χ3v) is 5.89. The summed E-state index contributed by atoms with van der Waals surface area (Å²) in [7, 11) is 0. The molecule has 0 spiro atoms. The van der Waals surface area contributed by atoms with Gasteiger partial charge in [0.15, 0.2) is 0 Å². The van der Waals surface area contributed by atoms with Gasteiger partial charge in [-0.25, -0.2) is 12.2 Å². The van der Waals surface area contributed by atoms with Gasteiger partial charge in [-0.05, 0) is 0 Å². The maximum atomic E-state index is 2.99. The molecule has 31 heavy (non-hydrogen) atoms. The van der Waals surface area contributed by atoms with Gasteiger partial charge in [-0.3, -0.25) is 6.08 Å². The number of halogens is 2. The molecule has 1 aliphatic rings. The van der Waals surface area contributed by atoms with Crippen LogP contribution in [0.5, 0.6) is 0 Å². The van der Waals surface area contributed by atoms with E-state index >= 15 is 0 Å². The predicted molar refractivity (Wildman–Crippen MR) is 136 cm³/mol. The van der Waals surface area contributed by atoms with E-state index in [9.17, 15) is 0 Å². The zero-order valence-electron chi connectivity index (χ0n) is 17.5. The van der Waals surface area contributed by atoms with E-state index in [1.807, 2.05) is 12.2 Å². The van der Waals surface area contributed by atoms with Gasteiger partial charge in [0, 0.05) is 0 Å². The normalized spacial score (nSPS) is 10.7. The van der Waals surface area contributed by atoms with Crippen LogP contribution in [-0.2, 0) is 24.2 Å². The van der Waals surface area contributed by atoms with Crippen LogP contribution in [-0.4, -0.2) is 3.21 Å². The van der Waals surface area contributed by atoms with E-state index in [1.165, 1.54) is 54.9 Å². The first-order chi connectivity index (χ1) is 14.2. The van der Waals surface area contributed by atoms with Crippen molar-refractivity contribution in [1.82, 2.24) is 0 Å². The summed E-state index contributed by atoms with van der Waals surface area (Å²) >= 11 is 1.46. The molecule has 4 aromatic rings. The van der Waals surface area contributed by atoms with Gasteiger partial charge in [-0.1, -0.05) is 13.0 Å². The van der Waals surface area contributed by atoms with Crippen molar-refractivity contribution in [1.29, 1.82) is 0 Å². The van der Waals surface area contributed by atoms with E-state index in [4.69, 9.17) is 0 Å². The second kappa shape index (κ2) is 15.0. The minimum absolute atomic E-state index is 0. The van der Waals surface area contributed by atoms with Gasteiger partial charge in [0.25, 0.3) is 0 Å². The molecular formula is C28H26Cl2Zr. The van der Waals surface area contributed by atoms with Crippen molar-refractivity contribution in [3.05, 3.63) is 138 Å². The van der Waals surface area contributed by atoms with Crippen LogP contribution in [0.1, 0.15) is 23.1 Å². The molecule has 0 unspecified atom stereocenters. The van der Waals surface area contributed by atoms with Crippen LogP contribution in [0.2, 0.25) is 0 Å². The Morgan fingerprint density at radius 2 is 1.35 bits per heavy atom. The average molecular weight is 525 g/mol. The molecule has 0 N–H and O–H groups in total. The second-order valence-electron chi connectivity index (χ2n) is 6.77. The molecule has 0 radical (unpaired) electrons. The minimum atomic E-state index is 0. The van der Waals surface area contributed by atoms with Crippen LogP contribution in [0.25, 0.3) is 10.8 Å². The average Bonchev–Trinajstić information content (AvgIpc) is 3.47. The van der Waals surface area contributed by atoms with Crippen molar-refractivity contribution in [2.24, 2.45) is 0 Å². The molecule has 0 nitrogen and oxygen atoms in total. The molecule has 0 amide bonds. The van der Waals surface area contributed by atoms with E-state index in [0.717, 1.165) is 6.42 Å². The first kappa shape index (κ1) is 27.1. The molecule has 0 aromatic heterocycles. The van der Waals surface area contributed by atoms with Gasteiger partial charge >= 0.3 is 99.2 Å². The number of rotatable bonds is 2. The van der Waals surface area contributed by atoms with Crippen molar-refractivity contribution >= 4 is 38.8 Å². The summed E-state index contributed by atoms with van der Waals surface area (Å²) in [6, 6.07) is 33.9. The summed E-state index contributed by atoms with van der Waals surface area (Å²) in [4.78, 5) is 0. The van der Waals surface area contributed by atoms with Crippen molar-refractivity contribution < 1.29 is 24.2 Å². The van der Waals surface area contributed by atoms with E-state index in [2.05, 4.69) is 116 Å². The van der Waals surface area contributed by atoms with Crippen molar-refractivity contribution in [2.45, 2.75) is 13.3 Å². The van der Waals surface area contributed by atoms with Crippen LogP contribution < -0.4 is 0 Å². The Balaban J connectivity index is 0.000000248. The van der Waals surface area contributed by atoms with Gasteiger partial charge < -0.3 is 0 Å². The summed E-state index contributed by atoms with van der Waals surface area (Å²) in [5.74, 6) is 0. The Hall–Kier alpha value is -1.92. The quantitative estimate of drug-likeness (QED) is 0.235. The Kier molecular flexibility index (Phi) is 13.1. The topological polar surface area (TPSA) is 0 Å². The molecule has 1 aliphatic carbocycles. The summed E-state index contributed by atoms with van der Waals surface area (Å²) in [5, 5.41) is 2.69. The van der Waals surface area contributed by atoms with Gasteiger partial charge in [-0.2, -0.15) is 12.1 Å². The zero-order chi connectivity index (χ0) is 20.3. The Morgan fingerprint density at radius 1 is 0.806 bits per heavy atom. The van der Waals surface area contributed by atoms with Crippen LogP contribution in [0.4, 0.5) is 0 Å². The summed E-state index contributed by atoms with van der Waals surface area (Å²) in [5.41, 5.74) is 4.01. The molecule has 0 fully saturated rings. The molecule has 0 heterocycles. The van der Waals surface area contributed by atoms with E-state index in [1.54, 1.807) is 0 Å². The summed E-state index contributed by atoms with van der Waals surface area (Å²) in [6.45, 7) is 2.12. The second-order valence-corrected chi connectivity index (χ2v) is 8.00. The molecule has 0 atom stereocenters. The van der Waals surface area contributed by atoms with Crippen molar-refractivity contribution in [3.63, 3.8) is 0 Å². The first-order valence-corrected chi connectivity index (χ1v) is 11.0. The van der Waals surface area contributed by atoms with Gasteiger partial charge in [0.2, 0.25) is 0 Å². The number of benzene rings is 3. The number of hydrogen-bond donors (Lipinski definition) is 0. The zero-order valence-corrected chi connectivity index (χ0v) is 21.6. The van der Waals surface area contributed by atoms with Crippen molar-refractivity contribution in [2.75, 3.05) is 0 Å². The fraction of sp³-hybridized carbons (Fsp3) is 0.0714. The molecule has 0 saturated heterocycles. The van der Waals surface area contributed by atoms with Gasteiger partial charge in [0.05, 0.1) is 0 Å². The third kappa shape index (κ3) is 9.00. The molecule has 156 valence electrons. The predicted octanol–water partition coefficient (Wildman–Crippen LogP) is 7.82. The fourth-order valence-electron chi connectivity index (χ4n) is 3.02. The van der Waals surface area contributed by atoms with E-state index in [-0.39, 0.29) is 24.8 Å². The first-order valence-electron chi connectivity index (χ1n) is 9.77. The van der Waals surface area contributed by atoms with Crippen LogP contribution in [0, 0.1) is 13.0 Å². The summed E-state index contributed by atoms with van der Waals surface area (Å²) < 4.78 is 1.42. The molecule has 0 aliphatic heterocycles. The van der Waals surface area contributed by atoms with Crippen LogP contribution in [0.15, 0.2) is 115 Å².